The lowest BCUT2D eigenvalue weighted by Crippen LogP contribution is -2.14. The van der Waals surface area contributed by atoms with E-state index in [0.29, 0.717) is 30.3 Å². The zero-order chi connectivity index (χ0) is 18.7. The molecule has 0 fully saturated rings. The highest BCUT2D eigenvalue weighted by atomic mass is 32.2. The monoisotopic (exact) mass is 377 g/mol. The van der Waals surface area contributed by atoms with E-state index in [1.54, 1.807) is 31.2 Å². The van der Waals surface area contributed by atoms with Crippen molar-refractivity contribution in [3.8, 4) is 11.5 Å². The van der Waals surface area contributed by atoms with Crippen molar-refractivity contribution in [3.63, 3.8) is 0 Å². The van der Waals surface area contributed by atoms with Gasteiger partial charge in [-0.05, 0) is 38.1 Å². The number of hydrogen-bond donors (Lipinski definition) is 1. The maximum atomic E-state index is 12.8. The summed E-state index contributed by atoms with van der Waals surface area (Å²) in [7, 11) is -3.92. The van der Waals surface area contributed by atoms with Crippen LogP contribution in [0.4, 0.5) is 5.69 Å². The van der Waals surface area contributed by atoms with Gasteiger partial charge in [-0.25, -0.2) is 13.2 Å². The summed E-state index contributed by atoms with van der Waals surface area (Å²) in [6, 6.07) is 9.25. The second-order valence-corrected chi connectivity index (χ2v) is 7.21. The molecule has 0 bridgehead atoms. The van der Waals surface area contributed by atoms with Crippen molar-refractivity contribution in [3.05, 3.63) is 47.5 Å². The molecule has 0 radical (unpaired) electrons. The molecule has 3 rings (SSSR count). The summed E-state index contributed by atoms with van der Waals surface area (Å²) in [4.78, 5) is 11.7. The van der Waals surface area contributed by atoms with Crippen molar-refractivity contribution in [2.24, 2.45) is 0 Å². The average Bonchev–Trinajstić information content (AvgIpc) is 2.98. The number of carbonyl (C=O) groups excluding carboxylic acids is 1. The molecule has 0 saturated heterocycles. The summed E-state index contributed by atoms with van der Waals surface area (Å²) in [5.74, 6) is 0.386. The van der Waals surface area contributed by atoms with Gasteiger partial charge in [0.25, 0.3) is 10.0 Å². The fourth-order valence-electron chi connectivity index (χ4n) is 2.59. The third-order valence-electron chi connectivity index (χ3n) is 3.78. The first-order chi connectivity index (χ1) is 12.4. The van der Waals surface area contributed by atoms with Crippen LogP contribution >= 0.6 is 0 Å². The van der Waals surface area contributed by atoms with Crippen LogP contribution in [0.15, 0.2) is 41.3 Å². The van der Waals surface area contributed by atoms with Crippen LogP contribution in [0.5, 0.6) is 11.5 Å². The van der Waals surface area contributed by atoms with Gasteiger partial charge in [-0.15, -0.1) is 0 Å². The highest BCUT2D eigenvalue weighted by molar-refractivity contribution is 7.92. The van der Waals surface area contributed by atoms with Gasteiger partial charge in [-0.3, -0.25) is 4.72 Å². The lowest BCUT2D eigenvalue weighted by Gasteiger charge is -2.15. The molecule has 0 aromatic heterocycles. The van der Waals surface area contributed by atoms with E-state index in [2.05, 4.69) is 4.72 Å². The van der Waals surface area contributed by atoms with Gasteiger partial charge < -0.3 is 14.2 Å². The van der Waals surface area contributed by atoms with Crippen LogP contribution in [0.1, 0.15) is 29.8 Å². The molecule has 0 atom stereocenters. The molecule has 8 heteroatoms. The Hall–Kier alpha value is -2.74. The molecular weight excluding hydrogens is 358 g/mol. The first kappa shape index (κ1) is 18.1. The quantitative estimate of drug-likeness (QED) is 0.746. The second kappa shape index (κ2) is 7.25. The van der Waals surface area contributed by atoms with Crippen molar-refractivity contribution in [2.45, 2.75) is 25.3 Å². The van der Waals surface area contributed by atoms with Gasteiger partial charge in [0.2, 0.25) is 0 Å². The molecule has 138 valence electrons. The van der Waals surface area contributed by atoms with Crippen molar-refractivity contribution in [2.75, 3.05) is 17.9 Å². The largest absolute Gasteiger partial charge is 0.494 e. The molecule has 7 nitrogen and oxygen atoms in total. The summed E-state index contributed by atoms with van der Waals surface area (Å²) in [5, 5.41) is 0. The minimum Gasteiger partial charge on any atom is -0.494 e. The molecule has 0 unspecified atom stereocenters. The van der Waals surface area contributed by atoms with Gasteiger partial charge in [-0.1, -0.05) is 6.07 Å². The predicted molar refractivity (Wildman–Crippen MR) is 95.2 cm³/mol. The number of sulfonamides is 1. The molecule has 26 heavy (non-hydrogen) atoms. The summed E-state index contributed by atoms with van der Waals surface area (Å²) >= 11 is 0. The highest BCUT2D eigenvalue weighted by Gasteiger charge is 2.25. The van der Waals surface area contributed by atoms with Gasteiger partial charge >= 0.3 is 5.97 Å². The Kier molecular flexibility index (Phi) is 5.03. The van der Waals surface area contributed by atoms with Crippen molar-refractivity contribution in [1.82, 2.24) is 0 Å². The number of anilines is 1. The Bertz CT molecular complexity index is 939. The lowest BCUT2D eigenvalue weighted by atomic mass is 10.1. The van der Waals surface area contributed by atoms with E-state index in [-0.39, 0.29) is 22.8 Å². The molecule has 2 aromatic carbocycles. The molecule has 1 N–H and O–H groups in total. The van der Waals surface area contributed by atoms with E-state index in [1.165, 1.54) is 12.1 Å². The van der Waals surface area contributed by atoms with Gasteiger partial charge in [0.15, 0.2) is 0 Å². The van der Waals surface area contributed by atoms with Crippen LogP contribution in [0.2, 0.25) is 0 Å². The van der Waals surface area contributed by atoms with E-state index in [1.807, 2.05) is 6.92 Å². The Balaban J connectivity index is 1.95. The van der Waals surface area contributed by atoms with Crippen molar-refractivity contribution >= 4 is 21.7 Å². The van der Waals surface area contributed by atoms with Crippen LogP contribution in [0.25, 0.3) is 0 Å². The third kappa shape index (κ3) is 3.60. The zero-order valence-corrected chi connectivity index (χ0v) is 15.3. The van der Waals surface area contributed by atoms with E-state index >= 15 is 0 Å². The Morgan fingerprint density at radius 3 is 2.58 bits per heavy atom. The summed E-state index contributed by atoms with van der Waals surface area (Å²) < 4.78 is 43.9. The van der Waals surface area contributed by atoms with Crippen LogP contribution in [0.3, 0.4) is 0 Å². The van der Waals surface area contributed by atoms with E-state index < -0.39 is 16.0 Å². The number of benzene rings is 2. The van der Waals surface area contributed by atoms with Gasteiger partial charge in [-0.2, -0.15) is 0 Å². The number of nitrogens with one attached hydrogen (secondary N) is 1. The number of esters is 1. The van der Waals surface area contributed by atoms with Gasteiger partial charge in [0.1, 0.15) is 18.1 Å². The summed E-state index contributed by atoms with van der Waals surface area (Å²) in [5.41, 5.74) is 1.20. The minimum absolute atomic E-state index is 0.0284. The summed E-state index contributed by atoms with van der Waals surface area (Å²) in [6.07, 6.45) is 0. The molecule has 0 amide bonds. The average molecular weight is 377 g/mol. The van der Waals surface area contributed by atoms with Crippen LogP contribution in [-0.4, -0.2) is 27.6 Å². The van der Waals surface area contributed by atoms with Crippen molar-refractivity contribution < 1.29 is 27.4 Å². The van der Waals surface area contributed by atoms with Crippen LogP contribution < -0.4 is 14.2 Å². The number of cyclic esters (lactones) is 1. The zero-order valence-electron chi connectivity index (χ0n) is 14.4. The van der Waals surface area contributed by atoms with Gasteiger partial charge in [0, 0.05) is 11.6 Å². The van der Waals surface area contributed by atoms with E-state index in [0.717, 1.165) is 0 Å². The highest BCUT2D eigenvalue weighted by Crippen LogP contribution is 2.32. The Labute approximate surface area is 151 Å². The topological polar surface area (TPSA) is 90.9 Å². The first-order valence-electron chi connectivity index (χ1n) is 8.17. The molecule has 1 aliphatic heterocycles. The molecule has 0 spiro atoms. The maximum absolute atomic E-state index is 12.8. The summed E-state index contributed by atoms with van der Waals surface area (Å²) in [6.45, 7) is 4.64. The fraction of sp³-hybridized carbons (Fsp3) is 0.278. The Morgan fingerprint density at radius 1 is 1.08 bits per heavy atom. The van der Waals surface area contributed by atoms with Crippen molar-refractivity contribution in [1.29, 1.82) is 0 Å². The smallest absolute Gasteiger partial charge is 0.338 e. The predicted octanol–water partition coefficient (Wildman–Crippen LogP) is 2.96. The second-order valence-electron chi connectivity index (χ2n) is 5.52. The fourth-order valence-corrected chi connectivity index (χ4v) is 3.68. The maximum Gasteiger partial charge on any atom is 0.338 e. The van der Waals surface area contributed by atoms with Crippen LogP contribution in [-0.2, 0) is 21.4 Å². The molecule has 0 aliphatic carbocycles. The number of hydrogen-bond acceptors (Lipinski definition) is 6. The Morgan fingerprint density at radius 2 is 1.85 bits per heavy atom. The third-order valence-corrected chi connectivity index (χ3v) is 5.14. The normalized spacial score (nSPS) is 13.1. The number of rotatable bonds is 7. The number of carbonyl (C=O) groups is 1. The molecule has 2 aromatic rings. The molecule has 0 saturated carbocycles. The minimum atomic E-state index is -3.92. The number of fused-ring (bicyclic) bond motifs is 1. The first-order valence-corrected chi connectivity index (χ1v) is 9.65. The van der Waals surface area contributed by atoms with Gasteiger partial charge in [0.05, 0.1) is 29.4 Å². The lowest BCUT2D eigenvalue weighted by molar-refractivity contribution is 0.0535. The van der Waals surface area contributed by atoms with E-state index in [9.17, 15) is 13.2 Å². The molecule has 1 heterocycles. The standard InChI is InChI=1S/C18H19NO6S/c1-3-23-13-6-8-17(24-4-2)16(9-13)19-26(21,22)14-7-5-12-11-25-18(20)15(12)10-14/h5-10,19H,3-4,11H2,1-2H3. The molecule has 1 aliphatic rings. The number of ether oxygens (including phenoxy) is 3. The SMILES string of the molecule is CCOc1ccc(OCC)c(NS(=O)(=O)c2ccc3c(c2)C(=O)OC3)c1. The van der Waals surface area contributed by atoms with E-state index in [4.69, 9.17) is 14.2 Å². The van der Waals surface area contributed by atoms with Crippen LogP contribution in [0, 0.1) is 0 Å². The molecular formula is C18H19NO6S.